The van der Waals surface area contributed by atoms with Gasteiger partial charge in [-0.05, 0) is 25.0 Å². The van der Waals surface area contributed by atoms with Crippen molar-refractivity contribution < 1.29 is 4.39 Å². The summed E-state index contributed by atoms with van der Waals surface area (Å²) in [6.07, 6.45) is 7.26. The summed E-state index contributed by atoms with van der Waals surface area (Å²) >= 11 is 0. The molecule has 0 unspecified atom stereocenters. The molecule has 1 heterocycles. The van der Waals surface area contributed by atoms with Gasteiger partial charge in [0.05, 0.1) is 5.52 Å². The highest BCUT2D eigenvalue weighted by Crippen LogP contribution is 2.32. The summed E-state index contributed by atoms with van der Waals surface area (Å²) < 4.78 is 15.7. The number of hydrogen-bond acceptors (Lipinski definition) is 2. The van der Waals surface area contributed by atoms with Gasteiger partial charge in [0, 0.05) is 6.04 Å². The number of anilines is 1. The molecule has 1 aromatic heterocycles. The smallest absolute Gasteiger partial charge is 0.201 e. The lowest BCUT2D eigenvalue weighted by molar-refractivity contribution is 0.459. The Bertz CT molecular complexity index is 553. The van der Waals surface area contributed by atoms with Crippen LogP contribution in [0.4, 0.5) is 10.3 Å². The van der Waals surface area contributed by atoms with E-state index in [1.54, 1.807) is 6.07 Å². The van der Waals surface area contributed by atoms with E-state index in [1.807, 2.05) is 10.6 Å². The Morgan fingerprint density at radius 3 is 2.61 bits per heavy atom. The van der Waals surface area contributed by atoms with Gasteiger partial charge in [-0.25, -0.2) is 9.37 Å². The molecule has 0 aliphatic heterocycles. The molecule has 96 valence electrons. The topological polar surface area (TPSA) is 43.8 Å². The summed E-state index contributed by atoms with van der Waals surface area (Å²) in [5.41, 5.74) is 7.22. The van der Waals surface area contributed by atoms with Crippen molar-refractivity contribution in [1.29, 1.82) is 0 Å². The molecule has 0 saturated heterocycles. The van der Waals surface area contributed by atoms with E-state index in [1.165, 1.54) is 31.7 Å². The molecule has 4 heteroatoms. The zero-order valence-electron chi connectivity index (χ0n) is 10.4. The van der Waals surface area contributed by atoms with Crippen molar-refractivity contribution in [3.05, 3.63) is 24.0 Å². The van der Waals surface area contributed by atoms with Crippen LogP contribution in [0.1, 0.15) is 44.6 Å². The van der Waals surface area contributed by atoms with Crippen molar-refractivity contribution in [2.75, 3.05) is 5.73 Å². The summed E-state index contributed by atoms with van der Waals surface area (Å²) in [5, 5.41) is 0. The number of hydrogen-bond donors (Lipinski definition) is 1. The molecule has 0 bridgehead atoms. The van der Waals surface area contributed by atoms with Crippen LogP contribution in [0.3, 0.4) is 0 Å². The SMILES string of the molecule is Nc1nc2c(F)cccc2n1C1CCCCCC1. The normalized spacial score (nSPS) is 18.1. The van der Waals surface area contributed by atoms with Crippen molar-refractivity contribution in [2.24, 2.45) is 0 Å². The number of para-hydroxylation sites is 1. The van der Waals surface area contributed by atoms with Crippen LogP contribution < -0.4 is 5.73 Å². The third kappa shape index (κ3) is 1.85. The Labute approximate surface area is 106 Å². The molecule has 0 radical (unpaired) electrons. The van der Waals surface area contributed by atoms with Gasteiger partial charge in [0.15, 0.2) is 5.82 Å². The summed E-state index contributed by atoms with van der Waals surface area (Å²) in [7, 11) is 0. The molecular weight excluding hydrogens is 229 g/mol. The number of imidazole rings is 1. The lowest BCUT2D eigenvalue weighted by atomic mass is 10.1. The second-order valence-corrected chi connectivity index (χ2v) is 5.09. The number of rotatable bonds is 1. The molecule has 0 spiro atoms. The number of nitrogen functional groups attached to an aromatic ring is 1. The zero-order chi connectivity index (χ0) is 12.5. The molecule has 0 amide bonds. The highest BCUT2D eigenvalue weighted by Gasteiger charge is 2.20. The number of halogens is 1. The van der Waals surface area contributed by atoms with Crippen LogP contribution >= 0.6 is 0 Å². The van der Waals surface area contributed by atoms with Crippen molar-refractivity contribution in [3.63, 3.8) is 0 Å². The van der Waals surface area contributed by atoms with Crippen LogP contribution in [0.25, 0.3) is 11.0 Å². The maximum Gasteiger partial charge on any atom is 0.201 e. The summed E-state index contributed by atoms with van der Waals surface area (Å²) in [6.45, 7) is 0. The van der Waals surface area contributed by atoms with Gasteiger partial charge in [0.25, 0.3) is 0 Å². The fourth-order valence-corrected chi connectivity index (χ4v) is 3.00. The van der Waals surface area contributed by atoms with Gasteiger partial charge in [-0.15, -0.1) is 0 Å². The van der Waals surface area contributed by atoms with E-state index in [9.17, 15) is 4.39 Å². The molecule has 2 N–H and O–H groups in total. The Balaban J connectivity index is 2.10. The van der Waals surface area contributed by atoms with Crippen LogP contribution in [0.5, 0.6) is 0 Å². The predicted molar refractivity (Wildman–Crippen MR) is 70.8 cm³/mol. The van der Waals surface area contributed by atoms with Gasteiger partial charge in [-0.1, -0.05) is 31.7 Å². The highest BCUT2D eigenvalue weighted by atomic mass is 19.1. The molecule has 1 aliphatic rings. The summed E-state index contributed by atoms with van der Waals surface area (Å²) in [6, 6.07) is 5.45. The number of benzene rings is 1. The Morgan fingerprint density at radius 1 is 1.17 bits per heavy atom. The van der Waals surface area contributed by atoms with Gasteiger partial charge in [-0.3, -0.25) is 0 Å². The first-order valence-corrected chi connectivity index (χ1v) is 6.69. The molecular formula is C14H18FN3. The molecule has 1 saturated carbocycles. The largest absolute Gasteiger partial charge is 0.369 e. The van der Waals surface area contributed by atoms with E-state index >= 15 is 0 Å². The molecule has 0 atom stereocenters. The Hall–Kier alpha value is -1.58. The Morgan fingerprint density at radius 2 is 1.89 bits per heavy atom. The van der Waals surface area contributed by atoms with Crippen molar-refractivity contribution in [1.82, 2.24) is 9.55 Å². The van der Waals surface area contributed by atoms with Gasteiger partial charge >= 0.3 is 0 Å². The second kappa shape index (κ2) is 4.59. The molecule has 1 fully saturated rings. The lowest BCUT2D eigenvalue weighted by Gasteiger charge is -2.18. The fraction of sp³-hybridized carbons (Fsp3) is 0.500. The van der Waals surface area contributed by atoms with Gasteiger partial charge < -0.3 is 10.3 Å². The minimum atomic E-state index is -0.286. The molecule has 3 nitrogen and oxygen atoms in total. The molecule has 1 aliphatic carbocycles. The molecule has 18 heavy (non-hydrogen) atoms. The minimum absolute atomic E-state index is 0.286. The van der Waals surface area contributed by atoms with E-state index in [-0.39, 0.29) is 5.82 Å². The maximum atomic E-state index is 13.7. The van der Waals surface area contributed by atoms with E-state index in [4.69, 9.17) is 5.73 Å². The first-order chi connectivity index (χ1) is 8.77. The number of nitrogens with two attached hydrogens (primary N) is 1. The number of fused-ring (bicyclic) bond motifs is 1. The van der Waals surface area contributed by atoms with Crippen LogP contribution in [0.2, 0.25) is 0 Å². The number of nitrogens with zero attached hydrogens (tertiary/aromatic N) is 2. The monoisotopic (exact) mass is 247 g/mol. The van der Waals surface area contributed by atoms with E-state index in [2.05, 4.69) is 4.98 Å². The fourth-order valence-electron chi connectivity index (χ4n) is 3.00. The van der Waals surface area contributed by atoms with Crippen LogP contribution in [-0.2, 0) is 0 Å². The zero-order valence-corrected chi connectivity index (χ0v) is 10.4. The van der Waals surface area contributed by atoms with Crippen molar-refractivity contribution in [3.8, 4) is 0 Å². The average Bonchev–Trinajstić information content (AvgIpc) is 2.54. The van der Waals surface area contributed by atoms with E-state index in [0.717, 1.165) is 18.4 Å². The van der Waals surface area contributed by atoms with Crippen molar-refractivity contribution >= 4 is 17.0 Å². The molecule has 1 aromatic carbocycles. The summed E-state index contributed by atoms with van der Waals surface area (Å²) in [4.78, 5) is 4.18. The first kappa shape index (κ1) is 11.5. The van der Waals surface area contributed by atoms with Crippen LogP contribution in [-0.4, -0.2) is 9.55 Å². The van der Waals surface area contributed by atoms with Crippen molar-refractivity contribution in [2.45, 2.75) is 44.6 Å². The lowest BCUT2D eigenvalue weighted by Crippen LogP contribution is -2.11. The standard InChI is InChI=1S/C14H18FN3/c15-11-8-5-9-12-13(11)17-14(16)18(12)10-6-3-1-2-4-7-10/h5,8-10H,1-4,6-7H2,(H2,16,17). The van der Waals surface area contributed by atoms with Gasteiger partial charge in [0.1, 0.15) is 5.52 Å². The minimum Gasteiger partial charge on any atom is -0.369 e. The third-order valence-corrected chi connectivity index (χ3v) is 3.89. The molecule has 3 rings (SSSR count). The first-order valence-electron chi connectivity index (χ1n) is 6.69. The van der Waals surface area contributed by atoms with Gasteiger partial charge in [-0.2, -0.15) is 0 Å². The predicted octanol–water partition coefficient (Wildman–Crippen LogP) is 3.65. The van der Waals surface area contributed by atoms with Crippen LogP contribution in [0, 0.1) is 5.82 Å². The Kier molecular flexibility index (Phi) is 2.94. The van der Waals surface area contributed by atoms with Crippen LogP contribution in [0.15, 0.2) is 18.2 Å². The maximum absolute atomic E-state index is 13.7. The average molecular weight is 247 g/mol. The van der Waals surface area contributed by atoms with Gasteiger partial charge in [0.2, 0.25) is 5.95 Å². The third-order valence-electron chi connectivity index (χ3n) is 3.89. The molecule has 2 aromatic rings. The quantitative estimate of drug-likeness (QED) is 0.782. The second-order valence-electron chi connectivity index (χ2n) is 5.09. The van der Waals surface area contributed by atoms with E-state index in [0.29, 0.717) is 17.5 Å². The summed E-state index contributed by atoms with van der Waals surface area (Å²) in [5.74, 6) is 0.161. The number of aromatic nitrogens is 2. The van der Waals surface area contributed by atoms with E-state index < -0.39 is 0 Å². The highest BCUT2D eigenvalue weighted by molar-refractivity contribution is 5.79.